The van der Waals surface area contributed by atoms with Crippen LogP contribution in [0.1, 0.15) is 33.1 Å². The van der Waals surface area contributed by atoms with Crippen LogP contribution in [-0.2, 0) is 14.3 Å². The highest BCUT2D eigenvalue weighted by atomic mass is 16.5. The van der Waals surface area contributed by atoms with Crippen LogP contribution in [-0.4, -0.2) is 26.6 Å². The van der Waals surface area contributed by atoms with Crippen LogP contribution in [0.3, 0.4) is 0 Å². The summed E-state index contributed by atoms with van der Waals surface area (Å²) in [4.78, 5) is 21.7. The van der Waals surface area contributed by atoms with E-state index < -0.39 is 0 Å². The normalized spacial score (nSPS) is 11.0. The van der Waals surface area contributed by atoms with E-state index in [0.717, 1.165) is 0 Å². The Morgan fingerprint density at radius 1 is 1.38 bits per heavy atom. The molecule has 0 amide bonds. The van der Waals surface area contributed by atoms with E-state index in [4.69, 9.17) is 0 Å². The second kappa shape index (κ2) is 5.05. The molecule has 0 saturated carbocycles. The molecule has 0 spiro atoms. The molecule has 0 aromatic heterocycles. The van der Waals surface area contributed by atoms with Crippen LogP contribution in [0.15, 0.2) is 0 Å². The monoisotopic (exact) mass is 184 g/mol. The van der Waals surface area contributed by atoms with E-state index >= 15 is 0 Å². The lowest BCUT2D eigenvalue weighted by molar-refractivity contribution is -0.141. The maximum absolute atomic E-state index is 10.9. The van der Waals surface area contributed by atoms with E-state index in [1.165, 1.54) is 7.11 Å². The first-order chi connectivity index (χ1) is 5.87. The smallest absolute Gasteiger partial charge is 0.305 e. The fourth-order valence-electron chi connectivity index (χ4n) is 1.30. The Bertz CT molecular complexity index is 199. The molecular weight excluding hydrogens is 167 g/mol. The van der Waals surface area contributed by atoms with Gasteiger partial charge in [-0.05, 0) is 11.8 Å². The lowest BCUT2D eigenvalue weighted by Crippen LogP contribution is -2.18. The Morgan fingerprint density at radius 2 is 1.92 bits per heavy atom. The van der Waals surface area contributed by atoms with Crippen LogP contribution in [0.2, 0.25) is 0 Å². The van der Waals surface area contributed by atoms with Gasteiger partial charge in [-0.3, -0.25) is 4.79 Å². The first kappa shape index (κ1) is 12.2. The lowest BCUT2D eigenvalue weighted by atomic mass is 9.78. The van der Waals surface area contributed by atoms with E-state index in [2.05, 4.69) is 4.74 Å². The van der Waals surface area contributed by atoms with Gasteiger partial charge in [0.1, 0.15) is 0 Å². The summed E-state index contributed by atoms with van der Waals surface area (Å²) in [5.41, 5.74) is 0.0647. The zero-order valence-corrected chi connectivity index (χ0v) is 8.85. The summed E-state index contributed by atoms with van der Waals surface area (Å²) < 4.78 is 4.53. The van der Waals surface area contributed by atoms with Gasteiger partial charge in [0.25, 0.3) is 0 Å². The summed E-state index contributed by atoms with van der Waals surface area (Å²) in [5, 5.41) is 0. The number of hydrogen-bond acceptors (Lipinski definition) is 3. The van der Waals surface area contributed by atoms with Gasteiger partial charge in [0.05, 0.1) is 12.8 Å². The molecule has 3 nitrogen and oxygen atoms in total. The molecule has 4 heteroatoms. The molecule has 0 aliphatic heterocycles. The summed E-state index contributed by atoms with van der Waals surface area (Å²) in [6.45, 7) is 3.97. The summed E-state index contributed by atoms with van der Waals surface area (Å²) in [5.74, 6) is -0.211. The van der Waals surface area contributed by atoms with E-state index in [9.17, 15) is 9.59 Å². The van der Waals surface area contributed by atoms with Gasteiger partial charge in [0, 0.05) is 12.8 Å². The van der Waals surface area contributed by atoms with Crippen LogP contribution in [0.4, 0.5) is 0 Å². The van der Waals surface area contributed by atoms with Crippen molar-refractivity contribution in [2.75, 3.05) is 7.11 Å². The van der Waals surface area contributed by atoms with Crippen molar-refractivity contribution >= 4 is 19.5 Å². The molecule has 0 rings (SSSR count). The van der Waals surface area contributed by atoms with Crippen molar-refractivity contribution in [3.8, 4) is 0 Å². The van der Waals surface area contributed by atoms with E-state index in [-0.39, 0.29) is 17.1 Å². The Hall–Kier alpha value is -0.795. The topological polar surface area (TPSA) is 43.4 Å². The van der Waals surface area contributed by atoms with E-state index in [1.54, 1.807) is 7.85 Å². The Balaban J connectivity index is 3.88. The van der Waals surface area contributed by atoms with Crippen molar-refractivity contribution in [1.29, 1.82) is 0 Å². The van der Waals surface area contributed by atoms with Gasteiger partial charge < -0.3 is 9.53 Å². The third kappa shape index (κ3) is 6.37. The molecule has 0 radical (unpaired) electrons. The summed E-state index contributed by atoms with van der Waals surface area (Å²) >= 11 is 0. The quantitative estimate of drug-likeness (QED) is 0.462. The Kier molecular flexibility index (Phi) is 4.74. The molecule has 13 heavy (non-hydrogen) atoms. The van der Waals surface area contributed by atoms with Gasteiger partial charge in [0.15, 0.2) is 7.85 Å². The van der Waals surface area contributed by atoms with E-state index in [1.807, 2.05) is 13.8 Å². The second-order valence-corrected chi connectivity index (χ2v) is 4.12. The van der Waals surface area contributed by atoms with Gasteiger partial charge in [-0.15, -0.1) is 0 Å². The minimum Gasteiger partial charge on any atom is -0.469 e. The van der Waals surface area contributed by atoms with Crippen molar-refractivity contribution in [2.24, 2.45) is 5.41 Å². The van der Waals surface area contributed by atoms with E-state index in [0.29, 0.717) is 19.3 Å². The summed E-state index contributed by atoms with van der Waals surface area (Å²) in [7, 11) is 2.94. The average molecular weight is 184 g/mol. The first-order valence-corrected chi connectivity index (χ1v) is 4.43. The highest BCUT2D eigenvalue weighted by molar-refractivity contribution is 6.57. The molecule has 0 heterocycles. The minimum atomic E-state index is -0.211. The molecule has 74 valence electrons. The molecule has 0 aliphatic rings. The largest absolute Gasteiger partial charge is 0.469 e. The number of hydrogen-bond donors (Lipinski definition) is 0. The van der Waals surface area contributed by atoms with Gasteiger partial charge in [0.2, 0.25) is 0 Å². The third-order valence-corrected chi connectivity index (χ3v) is 1.96. The molecule has 0 fully saturated rings. The number of ether oxygens (including phenoxy) is 1. The standard InChI is InChI=1S/C9H17BO3/c1-9(2,6-7(10)11)5-4-8(12)13-3/h4-6,10H2,1-3H3. The number of carbonyl (C=O) groups is 2. The van der Waals surface area contributed by atoms with Crippen LogP contribution < -0.4 is 0 Å². The van der Waals surface area contributed by atoms with Crippen LogP contribution in [0.5, 0.6) is 0 Å². The zero-order valence-electron chi connectivity index (χ0n) is 8.85. The molecule has 0 aliphatic carbocycles. The highest BCUT2D eigenvalue weighted by Gasteiger charge is 2.20. The van der Waals surface area contributed by atoms with Crippen LogP contribution >= 0.6 is 0 Å². The molecule has 0 atom stereocenters. The van der Waals surface area contributed by atoms with Crippen molar-refractivity contribution in [3.63, 3.8) is 0 Å². The van der Waals surface area contributed by atoms with Crippen LogP contribution in [0, 0.1) is 5.41 Å². The Labute approximate surface area is 80.2 Å². The number of rotatable bonds is 5. The van der Waals surface area contributed by atoms with Gasteiger partial charge >= 0.3 is 5.97 Å². The maximum Gasteiger partial charge on any atom is 0.305 e. The first-order valence-electron chi connectivity index (χ1n) is 4.43. The Morgan fingerprint density at radius 3 is 2.31 bits per heavy atom. The second-order valence-electron chi connectivity index (χ2n) is 4.12. The minimum absolute atomic E-state index is 0.0972. The number of methoxy groups -OCH3 is 1. The lowest BCUT2D eigenvalue weighted by Gasteiger charge is -2.22. The van der Waals surface area contributed by atoms with Gasteiger partial charge in [-0.2, -0.15) is 0 Å². The SMILES string of the molecule is BC(=O)CC(C)(C)CCC(=O)OC. The molecular formula is C9H17BO3. The summed E-state index contributed by atoms with van der Waals surface area (Å²) in [6, 6.07) is 0. The fourth-order valence-corrected chi connectivity index (χ4v) is 1.30. The maximum atomic E-state index is 10.9. The molecule has 0 N–H and O–H groups in total. The fraction of sp³-hybridized carbons (Fsp3) is 0.778. The molecule has 0 saturated heterocycles. The van der Waals surface area contributed by atoms with Gasteiger partial charge in [-0.1, -0.05) is 13.8 Å². The zero-order chi connectivity index (χ0) is 10.5. The number of carbonyl (C=O) groups excluding carboxylic acids is 2. The molecule has 0 unspecified atom stereocenters. The van der Waals surface area contributed by atoms with Crippen molar-refractivity contribution < 1.29 is 14.3 Å². The highest BCUT2D eigenvalue weighted by Crippen LogP contribution is 2.26. The number of esters is 1. The third-order valence-electron chi connectivity index (χ3n) is 1.96. The summed E-state index contributed by atoms with van der Waals surface area (Å²) in [6.07, 6.45) is 1.60. The van der Waals surface area contributed by atoms with Crippen molar-refractivity contribution in [3.05, 3.63) is 0 Å². The predicted molar refractivity (Wildman–Crippen MR) is 53.2 cm³/mol. The average Bonchev–Trinajstić information content (AvgIpc) is 1.98. The van der Waals surface area contributed by atoms with Crippen molar-refractivity contribution in [2.45, 2.75) is 33.1 Å². The van der Waals surface area contributed by atoms with Crippen LogP contribution in [0.25, 0.3) is 0 Å². The molecule has 0 bridgehead atoms. The van der Waals surface area contributed by atoms with Crippen molar-refractivity contribution in [1.82, 2.24) is 0 Å². The molecule has 0 aromatic carbocycles. The predicted octanol–water partition coefficient (Wildman–Crippen LogP) is 0.516. The molecule has 0 aromatic rings. The van der Waals surface area contributed by atoms with Gasteiger partial charge in [-0.25, -0.2) is 0 Å².